The number of pyridine rings is 1. The molecule has 1 aromatic carbocycles. The number of imidazole rings is 1. The molecule has 0 fully saturated rings. The van der Waals surface area contributed by atoms with Gasteiger partial charge in [-0.05, 0) is 24.1 Å². The van der Waals surface area contributed by atoms with Crippen LogP contribution in [0.25, 0.3) is 28.1 Å². The van der Waals surface area contributed by atoms with E-state index in [-0.39, 0.29) is 0 Å². The summed E-state index contributed by atoms with van der Waals surface area (Å²) in [4.78, 5) is 13.2. The summed E-state index contributed by atoms with van der Waals surface area (Å²) >= 11 is 0. The van der Waals surface area contributed by atoms with Crippen LogP contribution in [0.1, 0.15) is 39.3 Å². The fraction of sp³-hybridized carbons (Fsp3) is 0.250. The summed E-state index contributed by atoms with van der Waals surface area (Å²) in [6, 6.07) is 7.95. The van der Waals surface area contributed by atoms with Crippen molar-refractivity contribution in [3.05, 3.63) is 60.1 Å². The zero-order valence-corrected chi connectivity index (χ0v) is 15.2. The van der Waals surface area contributed by atoms with Crippen molar-refractivity contribution in [3.63, 3.8) is 0 Å². The Hall–Kier alpha value is -2.89. The molecule has 0 bridgehead atoms. The van der Waals surface area contributed by atoms with Gasteiger partial charge in [-0.25, -0.2) is 18.7 Å². The van der Waals surface area contributed by atoms with E-state index in [0.29, 0.717) is 28.4 Å². The van der Waals surface area contributed by atoms with Crippen LogP contribution in [0.3, 0.4) is 0 Å². The second kappa shape index (κ2) is 7.15. The third-order valence-electron chi connectivity index (χ3n) is 3.99. The summed E-state index contributed by atoms with van der Waals surface area (Å²) in [5.41, 5.74) is 3.44. The lowest BCUT2D eigenvalue weighted by Crippen LogP contribution is -1.94. The lowest BCUT2D eigenvalue weighted by Gasteiger charge is -2.06. The summed E-state index contributed by atoms with van der Waals surface area (Å²) in [6.45, 7) is 8.17. The number of aromatic nitrogens is 4. The van der Waals surface area contributed by atoms with Crippen molar-refractivity contribution in [2.24, 2.45) is 0 Å². The molecule has 0 aliphatic heterocycles. The number of rotatable bonds is 2. The van der Waals surface area contributed by atoms with Gasteiger partial charge in [0, 0.05) is 35.8 Å². The van der Waals surface area contributed by atoms with Gasteiger partial charge in [0.05, 0.1) is 16.7 Å². The molecule has 4 nitrogen and oxygen atoms in total. The predicted octanol–water partition coefficient (Wildman–Crippen LogP) is 5.37. The smallest absolute Gasteiger partial charge is 0.235 e. The lowest BCUT2D eigenvalue weighted by atomic mass is 10.1. The minimum absolute atomic E-state index is 0.358. The molecule has 0 atom stereocenters. The Morgan fingerprint density at radius 1 is 0.962 bits per heavy atom. The third kappa shape index (κ3) is 3.14. The molecule has 0 aliphatic carbocycles. The summed E-state index contributed by atoms with van der Waals surface area (Å²) in [5.74, 6) is -1.07. The van der Waals surface area contributed by atoms with E-state index >= 15 is 0 Å². The van der Waals surface area contributed by atoms with Crippen LogP contribution in [-0.2, 0) is 0 Å². The van der Waals surface area contributed by atoms with Crippen molar-refractivity contribution in [1.29, 1.82) is 0 Å². The maximum atomic E-state index is 13.5. The van der Waals surface area contributed by atoms with Crippen LogP contribution in [0.2, 0.25) is 0 Å². The minimum atomic E-state index is -0.917. The van der Waals surface area contributed by atoms with Crippen LogP contribution in [0, 0.1) is 11.6 Å². The van der Waals surface area contributed by atoms with Crippen molar-refractivity contribution in [2.45, 2.75) is 33.6 Å². The molecular formula is C20H20F2N4. The number of benzene rings is 1. The molecule has 4 aromatic rings. The van der Waals surface area contributed by atoms with Crippen LogP contribution in [-0.4, -0.2) is 19.4 Å². The number of nitrogens with zero attached hydrogens (tertiary/aromatic N) is 4. The standard InChI is InChI=1S/C18H14F2N4.C2H6/c1-10(2)14-4-3-11(9-21-14)15-5-6-24-17-8-13(20)12(19)7-16(17)23-18(24)22-15;1-2/h3-10H,1-2H3;1-2H3. The van der Waals surface area contributed by atoms with E-state index in [1.54, 1.807) is 22.9 Å². The number of halogens is 2. The summed E-state index contributed by atoms with van der Waals surface area (Å²) in [6.07, 6.45) is 3.52. The molecule has 4 rings (SSSR count). The zero-order valence-electron chi connectivity index (χ0n) is 15.2. The molecule has 0 aliphatic rings. The van der Waals surface area contributed by atoms with Gasteiger partial charge in [-0.15, -0.1) is 0 Å². The molecule has 26 heavy (non-hydrogen) atoms. The van der Waals surface area contributed by atoms with Gasteiger partial charge in [0.2, 0.25) is 5.78 Å². The minimum Gasteiger partial charge on any atom is -0.284 e. The van der Waals surface area contributed by atoms with E-state index in [4.69, 9.17) is 0 Å². The van der Waals surface area contributed by atoms with Gasteiger partial charge in [0.25, 0.3) is 0 Å². The Morgan fingerprint density at radius 2 is 1.69 bits per heavy atom. The first-order chi connectivity index (χ1) is 12.5. The van der Waals surface area contributed by atoms with Crippen LogP contribution in [0.15, 0.2) is 42.7 Å². The highest BCUT2D eigenvalue weighted by Crippen LogP contribution is 2.23. The van der Waals surface area contributed by atoms with Crippen molar-refractivity contribution in [3.8, 4) is 11.3 Å². The van der Waals surface area contributed by atoms with E-state index < -0.39 is 11.6 Å². The molecular weight excluding hydrogens is 334 g/mol. The fourth-order valence-electron chi connectivity index (χ4n) is 2.65. The maximum Gasteiger partial charge on any atom is 0.235 e. The summed E-state index contributed by atoms with van der Waals surface area (Å²) in [7, 11) is 0. The number of hydrogen-bond acceptors (Lipinski definition) is 3. The Labute approximate surface area is 150 Å². The number of fused-ring (bicyclic) bond motifs is 3. The number of hydrogen-bond donors (Lipinski definition) is 0. The molecule has 0 saturated heterocycles. The van der Waals surface area contributed by atoms with Crippen molar-refractivity contribution in [1.82, 2.24) is 19.4 Å². The van der Waals surface area contributed by atoms with Crippen LogP contribution < -0.4 is 0 Å². The van der Waals surface area contributed by atoms with Gasteiger partial charge >= 0.3 is 0 Å². The lowest BCUT2D eigenvalue weighted by molar-refractivity contribution is 0.510. The first kappa shape index (κ1) is 17.9. The van der Waals surface area contributed by atoms with Gasteiger partial charge < -0.3 is 0 Å². The fourth-order valence-corrected chi connectivity index (χ4v) is 2.65. The normalized spacial score (nSPS) is 11.0. The molecule has 0 unspecified atom stereocenters. The first-order valence-electron chi connectivity index (χ1n) is 8.63. The second-order valence-corrected chi connectivity index (χ2v) is 5.98. The van der Waals surface area contributed by atoms with E-state index in [9.17, 15) is 8.78 Å². The molecule has 0 radical (unpaired) electrons. The zero-order chi connectivity index (χ0) is 18.8. The van der Waals surface area contributed by atoms with Crippen LogP contribution in [0.5, 0.6) is 0 Å². The highest BCUT2D eigenvalue weighted by atomic mass is 19.2. The van der Waals surface area contributed by atoms with Gasteiger partial charge in [-0.3, -0.25) is 9.38 Å². The summed E-state index contributed by atoms with van der Waals surface area (Å²) in [5, 5.41) is 0. The van der Waals surface area contributed by atoms with Crippen molar-refractivity contribution < 1.29 is 8.78 Å². The predicted molar refractivity (Wildman–Crippen MR) is 99.1 cm³/mol. The molecule has 3 aromatic heterocycles. The average molecular weight is 354 g/mol. The van der Waals surface area contributed by atoms with Crippen molar-refractivity contribution in [2.75, 3.05) is 0 Å². The topological polar surface area (TPSA) is 43.1 Å². The summed E-state index contributed by atoms with van der Waals surface area (Å²) < 4.78 is 28.5. The molecule has 0 spiro atoms. The van der Waals surface area contributed by atoms with E-state index in [1.807, 2.05) is 26.0 Å². The Kier molecular flexibility index (Phi) is 4.93. The highest BCUT2D eigenvalue weighted by molar-refractivity contribution is 5.80. The Morgan fingerprint density at radius 3 is 2.35 bits per heavy atom. The van der Waals surface area contributed by atoms with E-state index in [2.05, 4.69) is 28.8 Å². The molecule has 3 heterocycles. The van der Waals surface area contributed by atoms with E-state index in [0.717, 1.165) is 23.4 Å². The van der Waals surface area contributed by atoms with Gasteiger partial charge in [0.1, 0.15) is 0 Å². The average Bonchev–Trinajstić information content (AvgIpc) is 3.00. The third-order valence-corrected chi connectivity index (χ3v) is 3.99. The Bertz CT molecular complexity index is 1050. The molecule has 134 valence electrons. The monoisotopic (exact) mass is 354 g/mol. The van der Waals surface area contributed by atoms with E-state index in [1.165, 1.54) is 0 Å². The van der Waals surface area contributed by atoms with Crippen molar-refractivity contribution >= 4 is 16.8 Å². The first-order valence-corrected chi connectivity index (χ1v) is 8.63. The van der Waals surface area contributed by atoms with Gasteiger partial charge in [-0.1, -0.05) is 27.7 Å². The quantitative estimate of drug-likeness (QED) is 0.486. The maximum absolute atomic E-state index is 13.5. The molecule has 6 heteroatoms. The second-order valence-electron chi connectivity index (χ2n) is 5.98. The molecule has 0 amide bonds. The van der Waals surface area contributed by atoms with Gasteiger partial charge in [0.15, 0.2) is 11.6 Å². The van der Waals surface area contributed by atoms with Crippen LogP contribution in [0.4, 0.5) is 8.78 Å². The Balaban J connectivity index is 0.000000948. The van der Waals surface area contributed by atoms with Gasteiger partial charge in [-0.2, -0.15) is 0 Å². The highest BCUT2D eigenvalue weighted by Gasteiger charge is 2.12. The van der Waals surface area contributed by atoms with Crippen LogP contribution >= 0.6 is 0 Å². The molecule has 0 N–H and O–H groups in total. The SMILES string of the molecule is CC.CC(C)c1ccc(-c2ccn3c(n2)nc2cc(F)c(F)cc23)cn1. The molecule has 0 saturated carbocycles. The largest absolute Gasteiger partial charge is 0.284 e.